The van der Waals surface area contributed by atoms with E-state index in [0.717, 1.165) is 36.6 Å². The Hall–Kier alpha value is -2.02. The number of H-pyrrole nitrogens is 1. The van der Waals surface area contributed by atoms with Crippen LogP contribution < -0.4 is 11.1 Å². The van der Waals surface area contributed by atoms with Crippen molar-refractivity contribution in [2.75, 3.05) is 25.5 Å². The van der Waals surface area contributed by atoms with E-state index in [1.807, 2.05) is 31.1 Å². The number of hydrogen-bond acceptors (Lipinski definition) is 5. The molecule has 1 aromatic heterocycles. The molecule has 0 radical (unpaired) electrons. The lowest BCUT2D eigenvalue weighted by atomic mass is 9.92. The van der Waals surface area contributed by atoms with Crippen molar-refractivity contribution in [3.63, 3.8) is 0 Å². The Morgan fingerprint density at radius 3 is 3.09 bits per heavy atom. The second kappa shape index (κ2) is 5.31. The number of piperidine rings is 1. The second-order valence-corrected chi connectivity index (χ2v) is 6.52. The van der Waals surface area contributed by atoms with Gasteiger partial charge in [-0.3, -0.25) is 10.5 Å². The van der Waals surface area contributed by atoms with E-state index in [2.05, 4.69) is 27.1 Å². The minimum Gasteiger partial charge on any atom is -0.354 e. The minimum atomic E-state index is -0.844. The predicted octanol–water partition coefficient (Wildman–Crippen LogP) is 0.618. The number of nitrogens with two attached hydrogens (primary N) is 1. The number of amides is 1. The first-order valence-corrected chi connectivity index (χ1v) is 7.68. The number of likely N-dealkylation sites (tertiary alicyclic amines) is 1. The highest BCUT2D eigenvalue weighted by Gasteiger charge is 2.35. The molecule has 3 rings (SSSR count). The molecule has 0 bridgehead atoms. The maximum Gasteiger partial charge on any atom is 0.209 e. The van der Waals surface area contributed by atoms with Crippen LogP contribution in [-0.4, -0.2) is 59.0 Å². The summed E-state index contributed by atoms with van der Waals surface area (Å²) in [5, 5.41) is 3.18. The van der Waals surface area contributed by atoms with Crippen LogP contribution in [0.25, 0.3) is 0 Å². The fourth-order valence-corrected chi connectivity index (χ4v) is 3.32. The van der Waals surface area contributed by atoms with Crippen molar-refractivity contribution in [3.05, 3.63) is 17.8 Å². The number of aromatic nitrogens is 1. The average Bonchev–Trinajstić information content (AvgIpc) is 2.93. The molecule has 2 aliphatic rings. The molecule has 0 saturated carbocycles. The monoisotopic (exact) mass is 304 g/mol. The maximum atomic E-state index is 11.1. The number of aliphatic imine (C=N–C) groups is 1. The van der Waals surface area contributed by atoms with Crippen LogP contribution in [0.1, 0.15) is 25.8 Å². The Labute approximate surface area is 130 Å². The van der Waals surface area contributed by atoms with Crippen LogP contribution in [0, 0.1) is 5.92 Å². The van der Waals surface area contributed by atoms with Gasteiger partial charge >= 0.3 is 0 Å². The lowest BCUT2D eigenvalue weighted by molar-refractivity contribution is -0.120. The van der Waals surface area contributed by atoms with Crippen LogP contribution in [0.4, 0.5) is 5.82 Å². The van der Waals surface area contributed by atoms with E-state index in [1.54, 1.807) is 0 Å². The number of hydrogen-bond donors (Lipinski definition) is 3. The lowest BCUT2D eigenvalue weighted by Crippen LogP contribution is -2.55. The first-order chi connectivity index (χ1) is 10.4. The number of anilines is 1. The van der Waals surface area contributed by atoms with Crippen molar-refractivity contribution < 1.29 is 4.79 Å². The molecule has 3 unspecified atom stereocenters. The van der Waals surface area contributed by atoms with Crippen molar-refractivity contribution in [3.8, 4) is 0 Å². The number of nitrogens with zero attached hydrogens (tertiary/aromatic N) is 3. The number of nitrogens with one attached hydrogen (secondary N) is 2. The van der Waals surface area contributed by atoms with E-state index < -0.39 is 5.79 Å². The quantitative estimate of drug-likeness (QED) is 0.699. The zero-order chi connectivity index (χ0) is 15.9. The number of likely N-dealkylation sites (N-methyl/N-ethyl adjacent to an activating group) is 1. The Morgan fingerprint density at radius 1 is 1.59 bits per heavy atom. The van der Waals surface area contributed by atoms with E-state index in [4.69, 9.17) is 5.73 Å². The van der Waals surface area contributed by atoms with Gasteiger partial charge in [-0.1, -0.05) is 6.92 Å². The molecule has 2 aliphatic heterocycles. The number of aromatic amines is 1. The van der Waals surface area contributed by atoms with Crippen LogP contribution in [-0.2, 0) is 4.79 Å². The van der Waals surface area contributed by atoms with Gasteiger partial charge in [0.05, 0.1) is 11.6 Å². The number of carbonyl (C=O) groups excluding carboxylic acids is 1. The molecule has 1 saturated heterocycles. The summed E-state index contributed by atoms with van der Waals surface area (Å²) in [6.45, 7) is 5.61. The minimum absolute atomic E-state index is 0.231. The molecular weight excluding hydrogens is 280 g/mol. The van der Waals surface area contributed by atoms with Crippen molar-refractivity contribution in [1.29, 1.82) is 0 Å². The third kappa shape index (κ3) is 2.56. The molecule has 4 N–H and O–H groups in total. The zero-order valence-electron chi connectivity index (χ0n) is 13.3. The van der Waals surface area contributed by atoms with Gasteiger partial charge in [0.1, 0.15) is 11.7 Å². The standard InChI is InChI=1S/C15H24N6O/c1-10-5-7-21(9-22)8-12(10)20(3)14-11-4-6-17-13(11)18-15(2,16)19-14/h4,6,9-10,12,17-18H,5,7-8,16H2,1-3H3. The zero-order valence-corrected chi connectivity index (χ0v) is 13.3. The summed E-state index contributed by atoms with van der Waals surface area (Å²) in [6, 6.07) is 2.23. The highest BCUT2D eigenvalue weighted by Crippen LogP contribution is 2.28. The predicted molar refractivity (Wildman–Crippen MR) is 86.5 cm³/mol. The maximum absolute atomic E-state index is 11.1. The Bertz CT molecular complexity index is 593. The molecule has 3 heterocycles. The molecule has 1 aromatic rings. The van der Waals surface area contributed by atoms with Gasteiger partial charge in [0, 0.05) is 26.3 Å². The van der Waals surface area contributed by atoms with Gasteiger partial charge in [-0.05, 0) is 25.3 Å². The fraction of sp³-hybridized carbons (Fsp3) is 0.600. The van der Waals surface area contributed by atoms with E-state index in [0.29, 0.717) is 12.5 Å². The van der Waals surface area contributed by atoms with Gasteiger partial charge in [-0.25, -0.2) is 4.99 Å². The smallest absolute Gasteiger partial charge is 0.209 e. The summed E-state index contributed by atoms with van der Waals surface area (Å²) in [6.07, 6.45) is 3.81. The molecule has 22 heavy (non-hydrogen) atoms. The van der Waals surface area contributed by atoms with Crippen molar-refractivity contribution in [1.82, 2.24) is 14.8 Å². The molecular formula is C15H24N6O. The fourth-order valence-electron chi connectivity index (χ4n) is 3.32. The SMILES string of the molecule is CC1CCN(C=O)CC1N(C)C1=NC(C)(N)Nc2[nH]ccc21. The Morgan fingerprint density at radius 2 is 2.36 bits per heavy atom. The van der Waals surface area contributed by atoms with Crippen molar-refractivity contribution in [2.45, 2.75) is 32.1 Å². The molecule has 7 nitrogen and oxygen atoms in total. The van der Waals surface area contributed by atoms with Gasteiger partial charge < -0.3 is 20.1 Å². The molecule has 3 atom stereocenters. The number of amidine groups is 1. The highest BCUT2D eigenvalue weighted by molar-refractivity contribution is 6.04. The first kappa shape index (κ1) is 14.9. The summed E-state index contributed by atoms with van der Waals surface area (Å²) < 4.78 is 0. The van der Waals surface area contributed by atoms with Gasteiger partial charge in [0.2, 0.25) is 6.41 Å². The summed E-state index contributed by atoms with van der Waals surface area (Å²) in [5.41, 5.74) is 7.20. The van der Waals surface area contributed by atoms with E-state index in [9.17, 15) is 4.79 Å². The molecule has 7 heteroatoms. The van der Waals surface area contributed by atoms with Crippen LogP contribution >= 0.6 is 0 Å². The summed E-state index contributed by atoms with van der Waals surface area (Å²) in [5.74, 6) is 1.40. The van der Waals surface area contributed by atoms with Crippen LogP contribution in [0.2, 0.25) is 0 Å². The largest absolute Gasteiger partial charge is 0.354 e. The molecule has 120 valence electrons. The summed E-state index contributed by atoms with van der Waals surface area (Å²) >= 11 is 0. The normalized spacial score (nSPS) is 31.1. The van der Waals surface area contributed by atoms with E-state index in [1.165, 1.54) is 0 Å². The van der Waals surface area contributed by atoms with E-state index >= 15 is 0 Å². The van der Waals surface area contributed by atoms with Gasteiger partial charge in [0.15, 0.2) is 5.79 Å². The molecule has 0 aliphatic carbocycles. The topological polar surface area (TPSA) is 89.8 Å². The third-order valence-electron chi connectivity index (χ3n) is 4.63. The summed E-state index contributed by atoms with van der Waals surface area (Å²) in [4.78, 5) is 23.0. The van der Waals surface area contributed by atoms with Gasteiger partial charge in [-0.2, -0.15) is 0 Å². The number of fused-ring (bicyclic) bond motifs is 1. The van der Waals surface area contributed by atoms with Crippen LogP contribution in [0.5, 0.6) is 0 Å². The Balaban J connectivity index is 1.91. The number of rotatable bonds is 2. The summed E-state index contributed by atoms with van der Waals surface area (Å²) in [7, 11) is 2.03. The van der Waals surface area contributed by atoms with Crippen molar-refractivity contribution in [2.24, 2.45) is 16.6 Å². The van der Waals surface area contributed by atoms with Gasteiger partial charge in [-0.15, -0.1) is 0 Å². The van der Waals surface area contributed by atoms with Crippen LogP contribution in [0.15, 0.2) is 17.3 Å². The molecule has 1 fully saturated rings. The van der Waals surface area contributed by atoms with Crippen molar-refractivity contribution >= 4 is 18.1 Å². The average molecular weight is 304 g/mol. The van der Waals surface area contributed by atoms with Crippen LogP contribution in [0.3, 0.4) is 0 Å². The lowest BCUT2D eigenvalue weighted by Gasteiger charge is -2.43. The molecule has 1 amide bonds. The van der Waals surface area contributed by atoms with E-state index in [-0.39, 0.29) is 6.04 Å². The molecule has 0 aromatic carbocycles. The molecule has 0 spiro atoms. The van der Waals surface area contributed by atoms with Gasteiger partial charge in [0.25, 0.3) is 0 Å². The highest BCUT2D eigenvalue weighted by atomic mass is 16.1. The first-order valence-electron chi connectivity index (χ1n) is 7.68. The third-order valence-corrected chi connectivity index (χ3v) is 4.63. The second-order valence-electron chi connectivity index (χ2n) is 6.52. The Kier molecular flexibility index (Phi) is 3.60. The number of carbonyl (C=O) groups is 1.